The average Bonchev–Trinajstić information content (AvgIpc) is 2.77. The van der Waals surface area contributed by atoms with E-state index in [1.807, 2.05) is 0 Å². The molecule has 2 N–H and O–H groups in total. The van der Waals surface area contributed by atoms with E-state index in [1.165, 1.54) is 4.88 Å². The SMILES string of the molecule is CCc1cc2c(N)nc(N3CCCN(C=O)CC3)nc2s1. The number of nitrogens with two attached hydrogens (primary N) is 1. The van der Waals surface area contributed by atoms with Crippen LogP contribution in [0.2, 0.25) is 0 Å². The zero-order valence-corrected chi connectivity index (χ0v) is 12.9. The molecule has 0 saturated carbocycles. The van der Waals surface area contributed by atoms with Crippen LogP contribution in [0.15, 0.2) is 6.07 Å². The van der Waals surface area contributed by atoms with Gasteiger partial charge in [0.25, 0.3) is 0 Å². The third-order valence-corrected chi connectivity index (χ3v) is 4.95. The molecular weight excluding hydrogens is 286 g/mol. The van der Waals surface area contributed by atoms with Crippen molar-refractivity contribution in [3.05, 3.63) is 10.9 Å². The second-order valence-electron chi connectivity index (χ2n) is 5.18. The molecule has 1 aliphatic heterocycles. The van der Waals surface area contributed by atoms with Gasteiger partial charge in [0.05, 0.1) is 5.39 Å². The molecule has 1 amide bonds. The summed E-state index contributed by atoms with van der Waals surface area (Å²) in [7, 11) is 0. The highest BCUT2D eigenvalue weighted by atomic mass is 32.1. The fourth-order valence-electron chi connectivity index (χ4n) is 2.54. The number of hydrogen-bond donors (Lipinski definition) is 1. The van der Waals surface area contributed by atoms with Gasteiger partial charge in [-0.05, 0) is 18.9 Å². The van der Waals surface area contributed by atoms with Gasteiger partial charge in [-0.2, -0.15) is 4.98 Å². The summed E-state index contributed by atoms with van der Waals surface area (Å²) < 4.78 is 0. The predicted octanol–water partition coefficient (Wildman–Crippen LogP) is 1.50. The Balaban J connectivity index is 1.91. The van der Waals surface area contributed by atoms with Crippen molar-refractivity contribution in [1.29, 1.82) is 0 Å². The summed E-state index contributed by atoms with van der Waals surface area (Å²) in [5, 5.41) is 0.949. The van der Waals surface area contributed by atoms with Crippen molar-refractivity contribution in [1.82, 2.24) is 14.9 Å². The van der Waals surface area contributed by atoms with Crippen LogP contribution in [0.25, 0.3) is 10.2 Å². The maximum absolute atomic E-state index is 10.9. The van der Waals surface area contributed by atoms with E-state index in [0.717, 1.165) is 49.1 Å². The molecule has 21 heavy (non-hydrogen) atoms. The fourth-order valence-corrected chi connectivity index (χ4v) is 3.51. The molecule has 3 heterocycles. The molecule has 1 saturated heterocycles. The van der Waals surface area contributed by atoms with Gasteiger partial charge in [0, 0.05) is 31.1 Å². The summed E-state index contributed by atoms with van der Waals surface area (Å²) in [6.07, 6.45) is 2.81. The van der Waals surface area contributed by atoms with Gasteiger partial charge >= 0.3 is 0 Å². The van der Waals surface area contributed by atoms with E-state index in [2.05, 4.69) is 27.9 Å². The molecule has 0 radical (unpaired) electrons. The zero-order valence-electron chi connectivity index (χ0n) is 12.1. The largest absolute Gasteiger partial charge is 0.383 e. The molecule has 112 valence electrons. The Morgan fingerprint density at radius 3 is 2.95 bits per heavy atom. The molecule has 0 spiro atoms. The van der Waals surface area contributed by atoms with Crippen molar-refractivity contribution < 1.29 is 4.79 Å². The van der Waals surface area contributed by atoms with E-state index in [4.69, 9.17) is 5.73 Å². The maximum Gasteiger partial charge on any atom is 0.228 e. The van der Waals surface area contributed by atoms with Crippen molar-refractivity contribution in [3.63, 3.8) is 0 Å². The van der Waals surface area contributed by atoms with Crippen LogP contribution in [0.1, 0.15) is 18.2 Å². The zero-order chi connectivity index (χ0) is 14.8. The number of fused-ring (bicyclic) bond motifs is 1. The minimum Gasteiger partial charge on any atom is -0.383 e. The molecule has 7 heteroatoms. The number of anilines is 2. The summed E-state index contributed by atoms with van der Waals surface area (Å²) in [4.78, 5) is 26.1. The molecule has 0 aromatic carbocycles. The number of nitrogens with zero attached hydrogens (tertiary/aromatic N) is 4. The molecule has 0 aliphatic carbocycles. The summed E-state index contributed by atoms with van der Waals surface area (Å²) >= 11 is 1.68. The van der Waals surface area contributed by atoms with Crippen molar-refractivity contribution in [2.45, 2.75) is 19.8 Å². The van der Waals surface area contributed by atoms with Crippen molar-refractivity contribution in [3.8, 4) is 0 Å². The lowest BCUT2D eigenvalue weighted by Crippen LogP contribution is -2.31. The third kappa shape index (κ3) is 2.78. The third-order valence-electron chi connectivity index (χ3n) is 3.77. The van der Waals surface area contributed by atoms with Crippen molar-refractivity contribution in [2.24, 2.45) is 0 Å². The first-order valence-electron chi connectivity index (χ1n) is 7.21. The van der Waals surface area contributed by atoms with Gasteiger partial charge in [-0.3, -0.25) is 4.79 Å². The van der Waals surface area contributed by atoms with E-state index >= 15 is 0 Å². The minimum absolute atomic E-state index is 0.544. The number of hydrogen-bond acceptors (Lipinski definition) is 6. The van der Waals surface area contributed by atoms with Crippen LogP contribution < -0.4 is 10.6 Å². The molecule has 2 aromatic rings. The molecule has 1 aliphatic rings. The quantitative estimate of drug-likeness (QED) is 0.870. The normalized spacial score (nSPS) is 16.2. The topological polar surface area (TPSA) is 75.3 Å². The molecule has 0 bridgehead atoms. The Bertz CT molecular complexity index is 656. The number of aryl methyl sites for hydroxylation is 1. The molecule has 2 aromatic heterocycles. The number of rotatable bonds is 3. The standard InChI is InChI=1S/C14H19N5OS/c1-2-10-8-11-12(15)16-14(17-13(11)21-10)19-5-3-4-18(9-20)6-7-19/h8-9H,2-7H2,1H3,(H2,15,16,17). The Hall–Kier alpha value is -1.89. The number of aromatic nitrogens is 2. The molecule has 3 rings (SSSR count). The maximum atomic E-state index is 10.9. The summed E-state index contributed by atoms with van der Waals surface area (Å²) in [5.74, 6) is 1.22. The molecule has 0 unspecified atom stereocenters. The Labute approximate surface area is 127 Å². The Morgan fingerprint density at radius 2 is 2.19 bits per heavy atom. The molecule has 1 fully saturated rings. The molecule has 6 nitrogen and oxygen atoms in total. The van der Waals surface area contributed by atoms with E-state index in [-0.39, 0.29) is 0 Å². The lowest BCUT2D eigenvalue weighted by molar-refractivity contribution is -0.117. The smallest absolute Gasteiger partial charge is 0.228 e. The number of thiophene rings is 1. The van der Waals surface area contributed by atoms with E-state index in [0.29, 0.717) is 18.3 Å². The van der Waals surface area contributed by atoms with Crippen LogP contribution in [0.3, 0.4) is 0 Å². The lowest BCUT2D eigenvalue weighted by atomic mass is 10.3. The first-order chi connectivity index (χ1) is 10.2. The molecular formula is C14H19N5OS. The Kier molecular flexibility index (Phi) is 3.92. The highest BCUT2D eigenvalue weighted by molar-refractivity contribution is 7.18. The van der Waals surface area contributed by atoms with Gasteiger partial charge in [0.2, 0.25) is 12.4 Å². The number of nitrogen functional groups attached to an aromatic ring is 1. The van der Waals surface area contributed by atoms with Gasteiger partial charge < -0.3 is 15.5 Å². The summed E-state index contributed by atoms with van der Waals surface area (Å²) in [6.45, 7) is 5.21. The lowest BCUT2D eigenvalue weighted by Gasteiger charge is -2.20. The molecule has 0 atom stereocenters. The number of amides is 1. The van der Waals surface area contributed by atoms with E-state index in [1.54, 1.807) is 16.2 Å². The number of carbonyl (C=O) groups excluding carboxylic acids is 1. The highest BCUT2D eigenvalue weighted by Crippen LogP contribution is 2.29. The summed E-state index contributed by atoms with van der Waals surface area (Å²) in [6, 6.07) is 2.08. The Morgan fingerprint density at radius 1 is 1.33 bits per heavy atom. The van der Waals surface area contributed by atoms with Gasteiger partial charge in [-0.15, -0.1) is 11.3 Å². The second-order valence-corrected chi connectivity index (χ2v) is 6.29. The van der Waals surface area contributed by atoms with Crippen LogP contribution in [0.4, 0.5) is 11.8 Å². The van der Waals surface area contributed by atoms with E-state index < -0.39 is 0 Å². The summed E-state index contributed by atoms with van der Waals surface area (Å²) in [5.41, 5.74) is 6.09. The predicted molar refractivity (Wildman–Crippen MR) is 85.7 cm³/mol. The van der Waals surface area contributed by atoms with Crippen molar-refractivity contribution in [2.75, 3.05) is 36.8 Å². The highest BCUT2D eigenvalue weighted by Gasteiger charge is 2.18. The number of carbonyl (C=O) groups is 1. The van der Waals surface area contributed by atoms with Crippen LogP contribution in [-0.4, -0.2) is 47.5 Å². The average molecular weight is 305 g/mol. The van der Waals surface area contributed by atoms with Crippen LogP contribution in [-0.2, 0) is 11.2 Å². The van der Waals surface area contributed by atoms with Crippen LogP contribution in [0, 0.1) is 0 Å². The fraction of sp³-hybridized carbons (Fsp3) is 0.500. The first kappa shape index (κ1) is 14.1. The van der Waals surface area contributed by atoms with Crippen LogP contribution in [0.5, 0.6) is 0 Å². The monoisotopic (exact) mass is 305 g/mol. The van der Waals surface area contributed by atoms with Gasteiger partial charge in [-0.1, -0.05) is 6.92 Å². The van der Waals surface area contributed by atoms with Gasteiger partial charge in [-0.25, -0.2) is 4.98 Å². The first-order valence-corrected chi connectivity index (χ1v) is 8.03. The van der Waals surface area contributed by atoms with E-state index in [9.17, 15) is 4.79 Å². The van der Waals surface area contributed by atoms with Gasteiger partial charge in [0.1, 0.15) is 10.6 Å². The second kappa shape index (κ2) is 5.85. The minimum atomic E-state index is 0.544. The van der Waals surface area contributed by atoms with Crippen LogP contribution >= 0.6 is 11.3 Å². The van der Waals surface area contributed by atoms with Gasteiger partial charge in [0.15, 0.2) is 0 Å². The van der Waals surface area contributed by atoms with Crippen molar-refractivity contribution >= 4 is 39.7 Å².